The Bertz CT molecular complexity index is 811. The Balaban J connectivity index is 2.00. The molecule has 7 nitrogen and oxygen atoms in total. The number of aliphatic hydroxyl groups is 1. The molecule has 1 fully saturated rings. The molecule has 37 heavy (non-hydrogen) atoms. The van der Waals surface area contributed by atoms with Gasteiger partial charge in [-0.2, -0.15) is 0 Å². The van der Waals surface area contributed by atoms with Gasteiger partial charge in [-0.15, -0.1) is 0 Å². The van der Waals surface area contributed by atoms with Crippen molar-refractivity contribution >= 4 is 5.91 Å². The number of ether oxygens (including phenoxy) is 3. The van der Waals surface area contributed by atoms with Crippen LogP contribution in [0, 0.1) is 29.6 Å². The summed E-state index contributed by atoms with van der Waals surface area (Å²) in [6.45, 7) is 11.8. The van der Waals surface area contributed by atoms with Crippen molar-refractivity contribution < 1.29 is 24.1 Å². The molecule has 0 saturated heterocycles. The fourth-order valence-corrected chi connectivity index (χ4v) is 4.91. The van der Waals surface area contributed by atoms with Crippen molar-refractivity contribution in [3.05, 3.63) is 23.8 Å². The molecule has 212 valence electrons. The molecule has 1 aromatic rings. The summed E-state index contributed by atoms with van der Waals surface area (Å²) < 4.78 is 16.5. The third-order valence-corrected chi connectivity index (χ3v) is 7.82. The van der Waals surface area contributed by atoms with E-state index < -0.39 is 12.1 Å². The molecule has 0 heterocycles. The van der Waals surface area contributed by atoms with Crippen LogP contribution in [-0.4, -0.2) is 56.6 Å². The predicted molar refractivity (Wildman–Crippen MR) is 149 cm³/mol. The zero-order valence-corrected chi connectivity index (χ0v) is 24.2. The molecule has 2 rings (SSSR count). The van der Waals surface area contributed by atoms with Gasteiger partial charge in [-0.1, -0.05) is 33.8 Å². The van der Waals surface area contributed by atoms with Crippen LogP contribution in [0.2, 0.25) is 0 Å². The smallest absolute Gasteiger partial charge is 0.223 e. The molecular weight excluding hydrogens is 468 g/mol. The number of hydrogen-bond donors (Lipinski definition) is 3. The van der Waals surface area contributed by atoms with Crippen LogP contribution in [0.25, 0.3) is 0 Å². The number of amides is 1. The lowest BCUT2D eigenvalue weighted by Crippen LogP contribution is -2.44. The van der Waals surface area contributed by atoms with Gasteiger partial charge in [-0.25, -0.2) is 0 Å². The largest absolute Gasteiger partial charge is 0.493 e. The molecule has 0 bridgehead atoms. The van der Waals surface area contributed by atoms with Crippen LogP contribution in [0.5, 0.6) is 11.5 Å². The summed E-state index contributed by atoms with van der Waals surface area (Å²) in [6.07, 6.45) is 4.34. The van der Waals surface area contributed by atoms with Crippen LogP contribution in [-0.2, 0) is 16.0 Å². The van der Waals surface area contributed by atoms with Gasteiger partial charge in [0.25, 0.3) is 0 Å². The highest BCUT2D eigenvalue weighted by Crippen LogP contribution is 2.33. The molecule has 7 heteroatoms. The first kappa shape index (κ1) is 31.4. The van der Waals surface area contributed by atoms with Gasteiger partial charge in [0.05, 0.1) is 19.8 Å². The topological polar surface area (TPSA) is 103 Å². The van der Waals surface area contributed by atoms with Crippen LogP contribution in [0.15, 0.2) is 18.2 Å². The second-order valence-corrected chi connectivity index (χ2v) is 11.6. The van der Waals surface area contributed by atoms with Gasteiger partial charge in [0.15, 0.2) is 11.5 Å². The molecule has 0 radical (unpaired) electrons. The maximum atomic E-state index is 13.0. The number of hydrogen-bond acceptors (Lipinski definition) is 6. The first-order valence-electron chi connectivity index (χ1n) is 14.1. The van der Waals surface area contributed by atoms with Gasteiger partial charge in [-0.3, -0.25) is 4.79 Å². The van der Waals surface area contributed by atoms with E-state index in [1.807, 2.05) is 26.0 Å². The second kappa shape index (κ2) is 15.6. The number of nitrogens with one attached hydrogen (secondary N) is 1. The van der Waals surface area contributed by atoms with Crippen molar-refractivity contribution in [2.45, 2.75) is 91.3 Å². The number of benzene rings is 1. The molecule has 1 aliphatic carbocycles. The first-order valence-corrected chi connectivity index (χ1v) is 14.1. The van der Waals surface area contributed by atoms with Crippen molar-refractivity contribution in [1.82, 2.24) is 5.32 Å². The molecule has 1 amide bonds. The van der Waals surface area contributed by atoms with Crippen molar-refractivity contribution in [2.75, 3.05) is 27.4 Å². The molecule has 0 spiro atoms. The number of nitrogens with two attached hydrogens (primary N) is 1. The van der Waals surface area contributed by atoms with E-state index >= 15 is 0 Å². The van der Waals surface area contributed by atoms with Crippen LogP contribution < -0.4 is 20.5 Å². The summed E-state index contributed by atoms with van der Waals surface area (Å²) in [5.74, 6) is 2.63. The van der Waals surface area contributed by atoms with Gasteiger partial charge >= 0.3 is 0 Å². The number of carbonyl (C=O) groups excluding carboxylic acids is 1. The van der Waals surface area contributed by atoms with E-state index in [9.17, 15) is 9.90 Å². The Morgan fingerprint density at radius 1 is 1.05 bits per heavy atom. The van der Waals surface area contributed by atoms with Crippen molar-refractivity contribution in [2.24, 2.45) is 35.3 Å². The lowest BCUT2D eigenvalue weighted by molar-refractivity contribution is -0.128. The zero-order valence-electron chi connectivity index (χ0n) is 24.2. The minimum Gasteiger partial charge on any atom is -0.493 e. The molecule has 1 aliphatic rings. The van der Waals surface area contributed by atoms with Crippen molar-refractivity contribution in [3.63, 3.8) is 0 Å². The van der Waals surface area contributed by atoms with Gasteiger partial charge in [0.1, 0.15) is 0 Å². The average Bonchev–Trinajstić information content (AvgIpc) is 3.70. The third kappa shape index (κ3) is 10.5. The lowest BCUT2D eigenvalue weighted by Gasteiger charge is -2.30. The average molecular weight is 521 g/mol. The highest BCUT2D eigenvalue weighted by molar-refractivity contribution is 5.79. The molecule has 4 N–H and O–H groups in total. The Morgan fingerprint density at radius 3 is 2.32 bits per heavy atom. The molecule has 1 aromatic carbocycles. The normalized spacial score (nSPS) is 17.8. The summed E-state index contributed by atoms with van der Waals surface area (Å²) in [5, 5.41) is 14.2. The highest BCUT2D eigenvalue weighted by Gasteiger charge is 2.33. The number of methoxy groups -OCH3 is 2. The maximum Gasteiger partial charge on any atom is 0.223 e. The van der Waals surface area contributed by atoms with Crippen LogP contribution in [0.4, 0.5) is 0 Å². The van der Waals surface area contributed by atoms with Gasteiger partial charge < -0.3 is 30.4 Å². The molecular formula is C30H52N2O5. The van der Waals surface area contributed by atoms with E-state index in [2.05, 4.69) is 32.2 Å². The first-order chi connectivity index (χ1) is 17.6. The monoisotopic (exact) mass is 520 g/mol. The van der Waals surface area contributed by atoms with E-state index in [1.54, 1.807) is 14.2 Å². The summed E-state index contributed by atoms with van der Waals surface area (Å²) >= 11 is 0. The standard InChI is InChI=1S/C30H52N2O5/c1-19(2)24(15-22-9-12-28(36-7)29(16-22)37-14-8-13-35-6)17-26(31)27(33)18-25(20(3)4)30(34)32-21(5)23-10-11-23/h9,12,16,19-21,23-27,33H,8,10-11,13-15,17-18,31H2,1-7H3,(H,32,34)/t21-,24+,25+,26+,27+/m1/s1. The molecule has 0 unspecified atom stereocenters. The lowest BCUT2D eigenvalue weighted by atomic mass is 9.80. The van der Waals surface area contributed by atoms with E-state index in [0.29, 0.717) is 43.6 Å². The molecule has 0 aliphatic heterocycles. The molecule has 0 aromatic heterocycles. The fraction of sp³-hybridized carbons (Fsp3) is 0.767. The van der Waals surface area contributed by atoms with Gasteiger partial charge in [-0.05, 0) is 80.4 Å². The van der Waals surface area contributed by atoms with Crippen LogP contribution >= 0.6 is 0 Å². The fourth-order valence-electron chi connectivity index (χ4n) is 4.91. The quantitative estimate of drug-likeness (QED) is 0.245. The van der Waals surface area contributed by atoms with Gasteiger partial charge in [0, 0.05) is 38.1 Å². The van der Waals surface area contributed by atoms with Crippen LogP contribution in [0.3, 0.4) is 0 Å². The Morgan fingerprint density at radius 2 is 1.76 bits per heavy atom. The van der Waals surface area contributed by atoms with Gasteiger partial charge in [0.2, 0.25) is 5.91 Å². The summed E-state index contributed by atoms with van der Waals surface area (Å²) in [7, 11) is 3.33. The minimum atomic E-state index is -0.730. The zero-order chi connectivity index (χ0) is 27.5. The Hall–Kier alpha value is -1.83. The van der Waals surface area contributed by atoms with Crippen molar-refractivity contribution in [3.8, 4) is 11.5 Å². The van der Waals surface area contributed by atoms with Crippen molar-refractivity contribution in [1.29, 1.82) is 0 Å². The number of aliphatic hydroxyl groups excluding tert-OH is 1. The number of rotatable bonds is 18. The predicted octanol–water partition coefficient (Wildman–Crippen LogP) is 4.58. The van der Waals surface area contributed by atoms with E-state index in [-0.39, 0.29) is 29.7 Å². The SMILES string of the molecule is COCCCOc1cc(C[C@@H](C[C@H](N)[C@@H](O)C[C@H](C(=O)N[C@H](C)C2CC2)C(C)C)C(C)C)ccc1OC. The van der Waals surface area contributed by atoms with E-state index in [1.165, 1.54) is 12.8 Å². The molecule has 5 atom stereocenters. The minimum absolute atomic E-state index is 0.0392. The molecule has 1 saturated carbocycles. The van der Waals surface area contributed by atoms with E-state index in [4.69, 9.17) is 19.9 Å². The number of carbonyl (C=O) groups is 1. The highest BCUT2D eigenvalue weighted by atomic mass is 16.5. The summed E-state index contributed by atoms with van der Waals surface area (Å²) in [5.41, 5.74) is 7.70. The maximum absolute atomic E-state index is 13.0. The Labute approximate surface area is 224 Å². The summed E-state index contributed by atoms with van der Waals surface area (Å²) in [6, 6.07) is 5.86. The van der Waals surface area contributed by atoms with Crippen LogP contribution in [0.1, 0.15) is 72.3 Å². The van der Waals surface area contributed by atoms with E-state index in [0.717, 1.165) is 24.2 Å². The third-order valence-electron chi connectivity index (χ3n) is 7.82. The second-order valence-electron chi connectivity index (χ2n) is 11.6. The Kier molecular flexibility index (Phi) is 13.2. The summed E-state index contributed by atoms with van der Waals surface area (Å²) in [4.78, 5) is 13.0.